The van der Waals surface area contributed by atoms with Gasteiger partial charge in [0.1, 0.15) is 0 Å². The molecule has 0 aromatic heterocycles. The zero-order chi connectivity index (χ0) is 3.41. The van der Waals surface area contributed by atoms with E-state index >= 15 is 0 Å². The molecule has 0 saturated carbocycles. The Kier molecular flexibility index (Phi) is 17.0. The van der Waals surface area contributed by atoms with Crippen LogP contribution in [0.1, 0.15) is 6.92 Å². The smallest absolute Gasteiger partial charge is 0.863 e. The minimum atomic E-state index is -0.826. The van der Waals surface area contributed by atoms with Crippen LogP contribution in [0, 0.1) is 0 Å². The molecule has 0 aromatic carbocycles. The van der Waals surface area contributed by atoms with Crippen LogP contribution in [0.4, 0.5) is 0 Å². The molecule has 26 valence electrons. The monoisotopic (exact) mass is 98.0 g/mol. The second-order valence-corrected chi connectivity index (χ2v) is 2.11. The summed E-state index contributed by atoms with van der Waals surface area (Å²) in [6, 6.07) is 0.903. The van der Waals surface area contributed by atoms with Crippen LogP contribution >= 0.6 is 0 Å². The summed E-state index contributed by atoms with van der Waals surface area (Å²) in [6.45, 7) is 1.93. The molecular formula is C2H7NaOSi. The summed E-state index contributed by atoms with van der Waals surface area (Å²) in [4.78, 5) is 9.44. The van der Waals surface area contributed by atoms with Gasteiger partial charge in [-0.1, -0.05) is 22.7 Å². The molecule has 0 aromatic rings. The zero-order valence-corrected chi connectivity index (χ0v) is 7.24. The van der Waals surface area contributed by atoms with Gasteiger partial charge in [-0.3, -0.25) is 0 Å². The summed E-state index contributed by atoms with van der Waals surface area (Å²) in [6.07, 6.45) is 0. The second-order valence-electron chi connectivity index (χ2n) is 0.704. The fourth-order valence-electron chi connectivity index (χ4n) is 0. The first-order chi connectivity index (χ1) is 1.91. The SMILES string of the molecule is CC[SiH2][O-].[Na+]. The molecule has 0 aliphatic carbocycles. The van der Waals surface area contributed by atoms with Gasteiger partial charge in [0.2, 0.25) is 0 Å². The minimum absolute atomic E-state index is 0. The van der Waals surface area contributed by atoms with Gasteiger partial charge in [0.15, 0.2) is 0 Å². The molecule has 0 heterocycles. The number of rotatable bonds is 1. The van der Waals surface area contributed by atoms with E-state index in [1.165, 1.54) is 0 Å². The van der Waals surface area contributed by atoms with Crippen LogP contribution in [0.3, 0.4) is 0 Å². The molecule has 0 aliphatic rings. The third kappa shape index (κ3) is 11.0. The Labute approximate surface area is 57.0 Å². The van der Waals surface area contributed by atoms with E-state index in [1.54, 1.807) is 0 Å². The van der Waals surface area contributed by atoms with Gasteiger partial charge in [-0.2, -0.15) is 0 Å². The van der Waals surface area contributed by atoms with Crippen molar-refractivity contribution in [1.29, 1.82) is 0 Å². The first kappa shape index (κ1) is 9.49. The van der Waals surface area contributed by atoms with E-state index in [4.69, 9.17) is 0 Å². The largest absolute Gasteiger partial charge is 1.00 e. The number of hydrogen-bond acceptors (Lipinski definition) is 1. The summed E-state index contributed by atoms with van der Waals surface area (Å²) < 4.78 is 0. The molecule has 0 spiro atoms. The normalized spacial score (nSPS) is 8.40. The van der Waals surface area contributed by atoms with Crippen LogP contribution in [0.2, 0.25) is 6.04 Å². The fraction of sp³-hybridized carbons (Fsp3) is 1.00. The molecule has 0 radical (unpaired) electrons. The van der Waals surface area contributed by atoms with Crippen LogP contribution in [-0.2, 0) is 0 Å². The topological polar surface area (TPSA) is 23.1 Å². The van der Waals surface area contributed by atoms with Crippen molar-refractivity contribution in [2.24, 2.45) is 0 Å². The molecule has 0 aliphatic heterocycles. The summed E-state index contributed by atoms with van der Waals surface area (Å²) in [7, 11) is -0.826. The molecule has 0 fully saturated rings. The third-order valence-corrected chi connectivity index (χ3v) is 0.612. The summed E-state index contributed by atoms with van der Waals surface area (Å²) in [5.41, 5.74) is 0. The van der Waals surface area contributed by atoms with E-state index in [9.17, 15) is 4.80 Å². The minimum Gasteiger partial charge on any atom is -0.863 e. The summed E-state index contributed by atoms with van der Waals surface area (Å²) >= 11 is 0. The maximum absolute atomic E-state index is 9.44. The molecule has 0 saturated heterocycles. The molecule has 0 rings (SSSR count). The second kappa shape index (κ2) is 8.95. The average molecular weight is 98.2 g/mol. The van der Waals surface area contributed by atoms with Crippen molar-refractivity contribution in [1.82, 2.24) is 0 Å². The summed E-state index contributed by atoms with van der Waals surface area (Å²) in [5, 5.41) is 0. The molecule has 0 N–H and O–H groups in total. The first-order valence-corrected chi connectivity index (χ1v) is 3.07. The predicted octanol–water partition coefficient (Wildman–Crippen LogP) is -4.13. The van der Waals surface area contributed by atoms with E-state index in [-0.39, 0.29) is 29.6 Å². The molecule has 0 unspecified atom stereocenters. The molecule has 0 atom stereocenters. The molecule has 5 heavy (non-hydrogen) atoms. The van der Waals surface area contributed by atoms with Gasteiger partial charge < -0.3 is 4.80 Å². The van der Waals surface area contributed by atoms with Gasteiger partial charge in [-0.15, -0.1) is 0 Å². The Hall–Kier alpha value is 1.18. The molecule has 1 nitrogen and oxygen atoms in total. The molecule has 3 heteroatoms. The van der Waals surface area contributed by atoms with Gasteiger partial charge in [0, 0.05) is 0 Å². The Balaban J connectivity index is 0. The van der Waals surface area contributed by atoms with Gasteiger partial charge in [0.25, 0.3) is 0 Å². The van der Waals surface area contributed by atoms with E-state index < -0.39 is 9.76 Å². The standard InChI is InChI=1S/C2H7OSi.Na/c1-2-4-3;/h2,4H2,1H3;/q-1;+1. The van der Waals surface area contributed by atoms with Gasteiger partial charge in [0.05, 0.1) is 0 Å². The molecule has 0 amide bonds. The van der Waals surface area contributed by atoms with Crippen LogP contribution in [0.25, 0.3) is 0 Å². The van der Waals surface area contributed by atoms with E-state index in [0.29, 0.717) is 0 Å². The van der Waals surface area contributed by atoms with Crippen LogP contribution in [-0.4, -0.2) is 9.76 Å². The molecule has 0 bridgehead atoms. The van der Waals surface area contributed by atoms with Crippen molar-refractivity contribution in [2.45, 2.75) is 13.0 Å². The Bertz CT molecular complexity index is 11.6. The first-order valence-electron chi connectivity index (χ1n) is 1.50. The predicted molar refractivity (Wildman–Crippen MR) is 19.0 cm³/mol. The van der Waals surface area contributed by atoms with Crippen molar-refractivity contribution >= 4 is 9.76 Å². The molecular weight excluding hydrogens is 91.1 g/mol. The zero-order valence-electron chi connectivity index (χ0n) is 3.82. The Morgan fingerprint density at radius 3 is 2.00 bits per heavy atom. The Morgan fingerprint density at radius 1 is 1.80 bits per heavy atom. The van der Waals surface area contributed by atoms with Crippen LogP contribution in [0.5, 0.6) is 0 Å². The van der Waals surface area contributed by atoms with Crippen molar-refractivity contribution in [3.05, 3.63) is 0 Å². The average Bonchev–Trinajstić information content (AvgIpc) is 1.37. The van der Waals surface area contributed by atoms with Crippen molar-refractivity contribution in [3.8, 4) is 0 Å². The third-order valence-electron chi connectivity index (χ3n) is 0.204. The maximum atomic E-state index is 9.44. The van der Waals surface area contributed by atoms with E-state index in [0.717, 1.165) is 6.04 Å². The van der Waals surface area contributed by atoms with Crippen LogP contribution < -0.4 is 34.4 Å². The van der Waals surface area contributed by atoms with Crippen LogP contribution in [0.15, 0.2) is 0 Å². The van der Waals surface area contributed by atoms with Crippen molar-refractivity contribution < 1.29 is 34.4 Å². The van der Waals surface area contributed by atoms with Gasteiger partial charge in [-0.05, 0) is 0 Å². The van der Waals surface area contributed by atoms with Crippen molar-refractivity contribution in [2.75, 3.05) is 0 Å². The van der Waals surface area contributed by atoms with Crippen molar-refractivity contribution in [3.63, 3.8) is 0 Å². The maximum Gasteiger partial charge on any atom is 1.00 e. The van der Waals surface area contributed by atoms with E-state index in [1.807, 2.05) is 6.92 Å². The van der Waals surface area contributed by atoms with Gasteiger partial charge in [-0.25, -0.2) is 0 Å². The quantitative estimate of drug-likeness (QED) is 0.305. The van der Waals surface area contributed by atoms with E-state index in [2.05, 4.69) is 0 Å². The Morgan fingerprint density at radius 2 is 2.00 bits per heavy atom. The van der Waals surface area contributed by atoms with Gasteiger partial charge >= 0.3 is 29.6 Å². The summed E-state index contributed by atoms with van der Waals surface area (Å²) in [5.74, 6) is 0. The number of hydrogen-bond donors (Lipinski definition) is 0. The fourth-order valence-corrected chi connectivity index (χ4v) is 0.